The minimum atomic E-state index is -0.591. The van der Waals surface area contributed by atoms with Crippen molar-refractivity contribution in [1.29, 1.82) is 0 Å². The van der Waals surface area contributed by atoms with Crippen LogP contribution >= 0.6 is 0 Å². The molecule has 0 saturated carbocycles. The van der Waals surface area contributed by atoms with E-state index in [9.17, 15) is 14.4 Å². The zero-order valence-electron chi connectivity index (χ0n) is 22.6. The third-order valence-electron chi connectivity index (χ3n) is 7.25. The summed E-state index contributed by atoms with van der Waals surface area (Å²) >= 11 is 0. The van der Waals surface area contributed by atoms with Gasteiger partial charge in [-0.3, -0.25) is 14.9 Å². The lowest BCUT2D eigenvalue weighted by Crippen LogP contribution is -2.49. The van der Waals surface area contributed by atoms with Crippen LogP contribution in [0.2, 0.25) is 0 Å². The number of nitrogens with zero attached hydrogens (tertiary/aromatic N) is 3. The van der Waals surface area contributed by atoms with Crippen molar-refractivity contribution >= 4 is 29.3 Å². The maximum Gasteiger partial charge on any atom is 0.412 e. The molecule has 2 heterocycles. The molecule has 3 aromatic carbocycles. The van der Waals surface area contributed by atoms with Crippen molar-refractivity contribution in [1.82, 2.24) is 15.1 Å². The standard InChI is InChI=1S/C31H35N5O4/c37-29(25-10-5-2-6-11-25)36-20-18-34(19-21-36)28-13-12-26(30(38)35-16-7-14-32-15-17-35)22-27(28)33-31(39)40-23-24-8-3-1-4-9-24/h1-6,8-13,22,32H,7,14-21,23H2,(H,33,39). The topological polar surface area (TPSA) is 94.2 Å². The van der Waals surface area contributed by atoms with Gasteiger partial charge < -0.3 is 24.8 Å². The highest BCUT2D eigenvalue weighted by Crippen LogP contribution is 2.29. The van der Waals surface area contributed by atoms with Crippen molar-refractivity contribution in [2.45, 2.75) is 13.0 Å². The van der Waals surface area contributed by atoms with Crippen LogP contribution in [0.3, 0.4) is 0 Å². The van der Waals surface area contributed by atoms with Gasteiger partial charge in [-0.05, 0) is 48.9 Å². The summed E-state index contributed by atoms with van der Waals surface area (Å²) in [4.78, 5) is 44.9. The number of benzene rings is 3. The summed E-state index contributed by atoms with van der Waals surface area (Å²) in [5.74, 6) is -0.0507. The average Bonchev–Trinajstić information content (AvgIpc) is 3.30. The molecule has 3 aromatic rings. The van der Waals surface area contributed by atoms with E-state index in [1.54, 1.807) is 6.07 Å². The number of nitrogens with one attached hydrogen (secondary N) is 2. The number of amides is 3. The normalized spacial score (nSPS) is 15.8. The van der Waals surface area contributed by atoms with E-state index in [0.717, 1.165) is 30.8 Å². The maximum atomic E-state index is 13.3. The van der Waals surface area contributed by atoms with Gasteiger partial charge in [0.1, 0.15) is 6.61 Å². The Kier molecular flexibility index (Phi) is 8.93. The average molecular weight is 542 g/mol. The minimum Gasteiger partial charge on any atom is -0.444 e. The lowest BCUT2D eigenvalue weighted by atomic mass is 10.1. The fourth-order valence-electron chi connectivity index (χ4n) is 5.06. The summed E-state index contributed by atoms with van der Waals surface area (Å²) in [6, 6.07) is 24.2. The van der Waals surface area contributed by atoms with Crippen LogP contribution in [0, 0.1) is 0 Å². The molecule has 0 aliphatic carbocycles. The molecule has 9 nitrogen and oxygen atoms in total. The Bertz CT molecular complexity index is 1300. The Hall–Kier alpha value is -4.37. The van der Waals surface area contributed by atoms with Crippen molar-refractivity contribution in [3.05, 3.63) is 95.6 Å². The van der Waals surface area contributed by atoms with Crippen molar-refractivity contribution in [2.75, 3.05) is 62.6 Å². The molecule has 0 unspecified atom stereocenters. The molecule has 40 heavy (non-hydrogen) atoms. The van der Waals surface area contributed by atoms with E-state index in [0.29, 0.717) is 56.1 Å². The third-order valence-corrected chi connectivity index (χ3v) is 7.25. The SMILES string of the molecule is O=C(Nc1cc(C(=O)N2CCCNCC2)ccc1N1CCN(C(=O)c2ccccc2)CC1)OCc1ccccc1. The van der Waals surface area contributed by atoms with Crippen LogP contribution in [0.25, 0.3) is 0 Å². The smallest absolute Gasteiger partial charge is 0.412 e. The van der Waals surface area contributed by atoms with Gasteiger partial charge in [-0.15, -0.1) is 0 Å². The fourth-order valence-corrected chi connectivity index (χ4v) is 5.06. The number of carbonyl (C=O) groups excluding carboxylic acids is 3. The first kappa shape index (κ1) is 27.2. The Morgan fingerprint density at radius 3 is 2.15 bits per heavy atom. The van der Waals surface area contributed by atoms with Gasteiger partial charge in [-0.1, -0.05) is 48.5 Å². The highest BCUT2D eigenvalue weighted by atomic mass is 16.5. The Labute approximate surface area is 234 Å². The third kappa shape index (κ3) is 6.79. The van der Waals surface area contributed by atoms with Crippen molar-refractivity contribution in [3.8, 4) is 0 Å². The monoisotopic (exact) mass is 541 g/mol. The van der Waals surface area contributed by atoms with Crippen LogP contribution in [-0.4, -0.2) is 80.1 Å². The van der Waals surface area contributed by atoms with Crippen LogP contribution in [0.15, 0.2) is 78.9 Å². The van der Waals surface area contributed by atoms with Crippen molar-refractivity contribution < 1.29 is 19.1 Å². The zero-order valence-corrected chi connectivity index (χ0v) is 22.6. The molecule has 2 aliphatic rings. The van der Waals surface area contributed by atoms with Gasteiger partial charge in [0.2, 0.25) is 0 Å². The second-order valence-electron chi connectivity index (χ2n) is 9.96. The summed E-state index contributed by atoms with van der Waals surface area (Å²) in [6.07, 6.45) is 0.304. The summed E-state index contributed by atoms with van der Waals surface area (Å²) in [5, 5.41) is 6.20. The zero-order chi connectivity index (χ0) is 27.7. The van der Waals surface area contributed by atoms with E-state index >= 15 is 0 Å². The molecule has 3 amide bonds. The molecular weight excluding hydrogens is 506 g/mol. The maximum absolute atomic E-state index is 13.3. The van der Waals surface area contributed by atoms with Gasteiger partial charge >= 0.3 is 6.09 Å². The minimum absolute atomic E-state index is 0.0102. The summed E-state index contributed by atoms with van der Waals surface area (Å²) < 4.78 is 5.48. The molecule has 0 radical (unpaired) electrons. The van der Waals surface area contributed by atoms with E-state index in [-0.39, 0.29) is 18.4 Å². The number of piperazine rings is 1. The summed E-state index contributed by atoms with van der Waals surface area (Å²) in [5.41, 5.74) is 3.38. The van der Waals surface area contributed by atoms with Crippen LogP contribution in [0.4, 0.5) is 16.2 Å². The largest absolute Gasteiger partial charge is 0.444 e. The second-order valence-corrected chi connectivity index (χ2v) is 9.96. The van der Waals surface area contributed by atoms with E-state index in [1.807, 2.05) is 82.6 Å². The molecule has 0 spiro atoms. The van der Waals surface area contributed by atoms with Crippen molar-refractivity contribution in [2.24, 2.45) is 0 Å². The fraction of sp³-hybridized carbons (Fsp3) is 0.323. The predicted molar refractivity (Wildman–Crippen MR) is 155 cm³/mol. The molecule has 2 saturated heterocycles. The van der Waals surface area contributed by atoms with E-state index in [2.05, 4.69) is 15.5 Å². The quantitative estimate of drug-likeness (QED) is 0.493. The Balaban J connectivity index is 1.31. The first-order chi connectivity index (χ1) is 19.6. The molecule has 9 heteroatoms. The lowest BCUT2D eigenvalue weighted by molar-refractivity contribution is 0.0743. The van der Waals surface area contributed by atoms with E-state index in [4.69, 9.17) is 4.74 Å². The molecule has 0 atom stereocenters. The molecule has 208 valence electrons. The predicted octanol–water partition coefficient (Wildman–Crippen LogP) is 3.83. The number of hydrogen-bond acceptors (Lipinski definition) is 6. The molecule has 2 N–H and O–H groups in total. The summed E-state index contributed by atoms with van der Waals surface area (Å²) in [6.45, 7) is 5.40. The second kappa shape index (κ2) is 13.1. The van der Waals surface area contributed by atoms with Crippen LogP contribution in [-0.2, 0) is 11.3 Å². The van der Waals surface area contributed by atoms with Gasteiger partial charge in [-0.2, -0.15) is 0 Å². The highest BCUT2D eigenvalue weighted by Gasteiger charge is 2.25. The Morgan fingerprint density at radius 1 is 0.725 bits per heavy atom. The van der Waals surface area contributed by atoms with Gasteiger partial charge in [0, 0.05) is 56.9 Å². The number of rotatable bonds is 6. The van der Waals surface area contributed by atoms with Crippen LogP contribution < -0.4 is 15.5 Å². The molecule has 0 bridgehead atoms. The van der Waals surface area contributed by atoms with E-state index < -0.39 is 6.09 Å². The van der Waals surface area contributed by atoms with Crippen molar-refractivity contribution in [3.63, 3.8) is 0 Å². The number of anilines is 2. The molecule has 2 fully saturated rings. The summed E-state index contributed by atoms with van der Waals surface area (Å²) in [7, 11) is 0. The van der Waals surface area contributed by atoms with Gasteiger partial charge in [0.05, 0.1) is 11.4 Å². The van der Waals surface area contributed by atoms with Gasteiger partial charge in [-0.25, -0.2) is 4.79 Å². The highest BCUT2D eigenvalue weighted by molar-refractivity contribution is 5.99. The Morgan fingerprint density at radius 2 is 1.40 bits per heavy atom. The molecular formula is C31H35N5O4. The molecule has 2 aliphatic heterocycles. The van der Waals surface area contributed by atoms with Crippen LogP contribution in [0.1, 0.15) is 32.7 Å². The first-order valence-electron chi connectivity index (χ1n) is 13.8. The molecule has 5 rings (SSSR count). The number of hydrogen-bond donors (Lipinski definition) is 2. The van der Waals surface area contributed by atoms with Gasteiger partial charge in [0.25, 0.3) is 11.8 Å². The molecule has 0 aromatic heterocycles. The van der Waals surface area contributed by atoms with E-state index in [1.165, 1.54) is 0 Å². The number of ether oxygens (including phenoxy) is 1. The van der Waals surface area contributed by atoms with Crippen LogP contribution in [0.5, 0.6) is 0 Å². The lowest BCUT2D eigenvalue weighted by Gasteiger charge is -2.37. The first-order valence-corrected chi connectivity index (χ1v) is 13.8. The number of carbonyl (C=O) groups is 3. The van der Waals surface area contributed by atoms with Gasteiger partial charge in [0.15, 0.2) is 0 Å².